The summed E-state index contributed by atoms with van der Waals surface area (Å²) in [5.41, 5.74) is 0. The quantitative estimate of drug-likeness (QED) is 0.798. The molecule has 76 valence electrons. The number of para-hydroxylation sites is 1. The fourth-order valence-corrected chi connectivity index (χ4v) is 1.30. The van der Waals surface area contributed by atoms with Crippen LogP contribution in [-0.2, 0) is 6.61 Å². The van der Waals surface area contributed by atoms with E-state index in [9.17, 15) is 0 Å². The van der Waals surface area contributed by atoms with E-state index in [0.717, 1.165) is 0 Å². The summed E-state index contributed by atoms with van der Waals surface area (Å²) >= 11 is 5.92. The van der Waals surface area contributed by atoms with Crippen LogP contribution in [0.2, 0.25) is 5.02 Å². The molecule has 0 unspecified atom stereocenters. The van der Waals surface area contributed by atoms with Crippen LogP contribution in [0.5, 0.6) is 5.75 Å². The van der Waals surface area contributed by atoms with Crippen LogP contribution in [0.3, 0.4) is 0 Å². The van der Waals surface area contributed by atoms with Crippen molar-refractivity contribution in [2.45, 2.75) is 6.61 Å². The molecule has 1 aromatic heterocycles. The molecule has 0 saturated carbocycles. The van der Waals surface area contributed by atoms with E-state index >= 15 is 0 Å². The number of halogens is 1. The molecule has 0 bridgehead atoms. The lowest BCUT2D eigenvalue weighted by Gasteiger charge is -2.05. The predicted octanol–water partition coefficient (Wildman–Crippen LogP) is 2.71. The predicted molar refractivity (Wildman–Crippen MR) is 57.8 cm³/mol. The molecule has 3 nitrogen and oxygen atoms in total. The van der Waals surface area contributed by atoms with Gasteiger partial charge in [0, 0.05) is 12.4 Å². The van der Waals surface area contributed by atoms with Gasteiger partial charge in [0.1, 0.15) is 12.4 Å². The van der Waals surface area contributed by atoms with Crippen molar-refractivity contribution in [2.24, 2.45) is 0 Å². The highest BCUT2D eigenvalue weighted by atomic mass is 35.5. The molecule has 0 aliphatic heterocycles. The Hall–Kier alpha value is -1.61. The van der Waals surface area contributed by atoms with Gasteiger partial charge in [-0.15, -0.1) is 0 Å². The minimum Gasteiger partial charge on any atom is -0.484 e. The van der Waals surface area contributed by atoms with Crippen LogP contribution in [0.1, 0.15) is 5.82 Å². The Kier molecular flexibility index (Phi) is 3.15. The third kappa shape index (κ3) is 2.67. The monoisotopic (exact) mass is 220 g/mol. The number of benzene rings is 1. The maximum atomic E-state index is 5.92. The first kappa shape index (κ1) is 9.93. The molecule has 1 heterocycles. The zero-order valence-electron chi connectivity index (χ0n) is 7.93. The molecule has 0 atom stereocenters. The van der Waals surface area contributed by atoms with E-state index in [4.69, 9.17) is 16.3 Å². The Morgan fingerprint density at radius 1 is 1.07 bits per heavy atom. The molecule has 0 N–H and O–H groups in total. The normalized spacial score (nSPS) is 9.93. The van der Waals surface area contributed by atoms with E-state index in [-0.39, 0.29) is 0 Å². The average molecular weight is 221 g/mol. The van der Waals surface area contributed by atoms with Crippen LogP contribution in [0.4, 0.5) is 0 Å². The minimum atomic E-state index is 0.324. The molecule has 0 amide bonds. The van der Waals surface area contributed by atoms with Crippen molar-refractivity contribution in [3.8, 4) is 5.75 Å². The molecule has 0 fully saturated rings. The lowest BCUT2D eigenvalue weighted by Crippen LogP contribution is -2.00. The summed E-state index contributed by atoms with van der Waals surface area (Å²) in [6.45, 7) is 0.324. The molecular weight excluding hydrogens is 212 g/mol. The Morgan fingerprint density at radius 2 is 1.80 bits per heavy atom. The van der Waals surface area contributed by atoms with Gasteiger partial charge in [0.15, 0.2) is 5.82 Å². The SMILES string of the molecule is Clc1ccccc1OCc1ncccn1. The summed E-state index contributed by atoms with van der Waals surface area (Å²) in [5, 5.41) is 0.591. The topological polar surface area (TPSA) is 35.0 Å². The van der Waals surface area contributed by atoms with E-state index in [1.54, 1.807) is 24.5 Å². The van der Waals surface area contributed by atoms with Crippen molar-refractivity contribution in [2.75, 3.05) is 0 Å². The maximum Gasteiger partial charge on any atom is 0.166 e. The number of aromatic nitrogens is 2. The number of nitrogens with zero attached hydrogens (tertiary/aromatic N) is 2. The van der Waals surface area contributed by atoms with Crippen LogP contribution in [0, 0.1) is 0 Å². The summed E-state index contributed by atoms with van der Waals surface area (Å²) in [7, 11) is 0. The molecule has 2 rings (SSSR count). The van der Waals surface area contributed by atoms with Crippen LogP contribution in [0.25, 0.3) is 0 Å². The van der Waals surface area contributed by atoms with E-state index in [1.807, 2.05) is 18.2 Å². The van der Waals surface area contributed by atoms with Gasteiger partial charge in [-0.2, -0.15) is 0 Å². The molecule has 15 heavy (non-hydrogen) atoms. The van der Waals surface area contributed by atoms with Crippen molar-refractivity contribution >= 4 is 11.6 Å². The van der Waals surface area contributed by atoms with Crippen molar-refractivity contribution in [1.82, 2.24) is 9.97 Å². The summed E-state index contributed by atoms with van der Waals surface area (Å²) in [6, 6.07) is 9.08. The lowest BCUT2D eigenvalue weighted by molar-refractivity contribution is 0.296. The fraction of sp³-hybridized carbons (Fsp3) is 0.0909. The van der Waals surface area contributed by atoms with E-state index in [2.05, 4.69) is 9.97 Å². The minimum absolute atomic E-state index is 0.324. The van der Waals surface area contributed by atoms with E-state index < -0.39 is 0 Å². The summed E-state index contributed by atoms with van der Waals surface area (Å²) in [6.07, 6.45) is 3.36. The average Bonchev–Trinajstić information content (AvgIpc) is 2.29. The van der Waals surface area contributed by atoms with E-state index in [0.29, 0.717) is 23.2 Å². The molecule has 0 aliphatic rings. The van der Waals surface area contributed by atoms with Crippen molar-refractivity contribution in [3.05, 3.63) is 53.6 Å². The van der Waals surface area contributed by atoms with Gasteiger partial charge in [0.2, 0.25) is 0 Å². The van der Waals surface area contributed by atoms with Crippen molar-refractivity contribution < 1.29 is 4.74 Å². The Morgan fingerprint density at radius 3 is 2.53 bits per heavy atom. The third-order valence-electron chi connectivity index (χ3n) is 1.81. The fourth-order valence-electron chi connectivity index (χ4n) is 1.11. The Labute approximate surface area is 92.7 Å². The number of rotatable bonds is 3. The summed E-state index contributed by atoms with van der Waals surface area (Å²) in [5.74, 6) is 1.28. The highest BCUT2D eigenvalue weighted by molar-refractivity contribution is 6.32. The summed E-state index contributed by atoms with van der Waals surface area (Å²) in [4.78, 5) is 8.09. The zero-order valence-corrected chi connectivity index (χ0v) is 8.69. The van der Waals surface area contributed by atoms with Gasteiger partial charge in [-0.3, -0.25) is 0 Å². The highest BCUT2D eigenvalue weighted by Gasteiger charge is 2.00. The first-order valence-corrected chi connectivity index (χ1v) is 4.87. The van der Waals surface area contributed by atoms with Gasteiger partial charge in [-0.25, -0.2) is 9.97 Å². The molecule has 0 radical (unpaired) electrons. The molecule has 0 spiro atoms. The lowest BCUT2D eigenvalue weighted by atomic mass is 10.3. The number of ether oxygens (including phenoxy) is 1. The molecule has 4 heteroatoms. The molecule has 0 aliphatic carbocycles. The Bertz CT molecular complexity index is 434. The second kappa shape index (κ2) is 4.75. The zero-order chi connectivity index (χ0) is 10.5. The van der Waals surface area contributed by atoms with Gasteiger partial charge in [0.05, 0.1) is 5.02 Å². The largest absolute Gasteiger partial charge is 0.484 e. The summed E-state index contributed by atoms with van der Waals surface area (Å²) < 4.78 is 5.47. The smallest absolute Gasteiger partial charge is 0.166 e. The van der Waals surface area contributed by atoms with E-state index in [1.165, 1.54) is 0 Å². The molecular formula is C11H9ClN2O. The number of hydrogen-bond donors (Lipinski definition) is 0. The van der Waals surface area contributed by atoms with Gasteiger partial charge in [-0.1, -0.05) is 23.7 Å². The Balaban J connectivity index is 2.03. The third-order valence-corrected chi connectivity index (χ3v) is 2.12. The van der Waals surface area contributed by atoms with Crippen LogP contribution in [-0.4, -0.2) is 9.97 Å². The van der Waals surface area contributed by atoms with Crippen LogP contribution in [0.15, 0.2) is 42.7 Å². The number of hydrogen-bond acceptors (Lipinski definition) is 3. The van der Waals surface area contributed by atoms with Gasteiger partial charge < -0.3 is 4.74 Å². The van der Waals surface area contributed by atoms with Crippen molar-refractivity contribution in [1.29, 1.82) is 0 Å². The second-order valence-corrected chi connectivity index (χ2v) is 3.29. The van der Waals surface area contributed by atoms with Crippen LogP contribution >= 0.6 is 11.6 Å². The highest BCUT2D eigenvalue weighted by Crippen LogP contribution is 2.23. The maximum absolute atomic E-state index is 5.92. The van der Waals surface area contributed by atoms with Gasteiger partial charge in [0.25, 0.3) is 0 Å². The van der Waals surface area contributed by atoms with Crippen LogP contribution < -0.4 is 4.74 Å². The van der Waals surface area contributed by atoms with Crippen molar-refractivity contribution in [3.63, 3.8) is 0 Å². The first-order valence-electron chi connectivity index (χ1n) is 4.49. The van der Waals surface area contributed by atoms with Gasteiger partial charge in [-0.05, 0) is 18.2 Å². The molecule has 2 aromatic rings. The second-order valence-electron chi connectivity index (χ2n) is 2.88. The first-order chi connectivity index (χ1) is 7.36. The van der Waals surface area contributed by atoms with Gasteiger partial charge >= 0.3 is 0 Å². The standard InChI is InChI=1S/C11H9ClN2O/c12-9-4-1-2-5-10(9)15-8-11-13-6-3-7-14-11/h1-7H,8H2. The molecule has 0 saturated heterocycles. The molecule has 1 aromatic carbocycles.